The Morgan fingerprint density at radius 2 is 2.04 bits per heavy atom. The van der Waals surface area contributed by atoms with Crippen LogP contribution in [0.2, 0.25) is 5.02 Å². The maximum atomic E-state index is 12.0. The molecule has 0 aliphatic carbocycles. The lowest BCUT2D eigenvalue weighted by molar-refractivity contribution is -0.118. The first-order chi connectivity index (χ1) is 11.0. The van der Waals surface area contributed by atoms with E-state index in [0.717, 1.165) is 16.6 Å². The monoisotopic (exact) mass is 330 g/mol. The van der Waals surface area contributed by atoms with Gasteiger partial charge in [0.2, 0.25) is 0 Å². The second kappa shape index (κ2) is 6.26. The second-order valence-electron chi connectivity index (χ2n) is 5.17. The van der Waals surface area contributed by atoms with Crippen molar-refractivity contribution in [3.63, 3.8) is 0 Å². The Labute approximate surface area is 137 Å². The summed E-state index contributed by atoms with van der Waals surface area (Å²) in [7, 11) is 0. The van der Waals surface area contributed by atoms with Crippen LogP contribution in [0.1, 0.15) is 11.3 Å². The van der Waals surface area contributed by atoms with E-state index in [4.69, 9.17) is 16.3 Å². The summed E-state index contributed by atoms with van der Waals surface area (Å²) in [5, 5.41) is 11.1. The number of aromatic nitrogens is 3. The van der Waals surface area contributed by atoms with Gasteiger partial charge in [-0.1, -0.05) is 11.6 Å². The van der Waals surface area contributed by atoms with Crippen LogP contribution in [-0.4, -0.2) is 27.7 Å². The number of aromatic amines is 1. The summed E-state index contributed by atoms with van der Waals surface area (Å²) in [6, 6.07) is 8.76. The van der Waals surface area contributed by atoms with Crippen LogP contribution in [0.15, 0.2) is 30.3 Å². The van der Waals surface area contributed by atoms with E-state index < -0.39 is 0 Å². The number of halogens is 1. The maximum Gasteiger partial charge on any atom is 0.263 e. The lowest BCUT2D eigenvalue weighted by atomic mass is 10.2. The molecule has 6 nitrogen and oxygen atoms in total. The minimum absolute atomic E-state index is 0.117. The number of H-pyrrole nitrogens is 1. The number of anilines is 1. The second-order valence-corrected chi connectivity index (χ2v) is 5.60. The van der Waals surface area contributed by atoms with Crippen LogP contribution in [0, 0.1) is 13.8 Å². The van der Waals surface area contributed by atoms with Gasteiger partial charge in [0.25, 0.3) is 5.91 Å². The van der Waals surface area contributed by atoms with Crippen molar-refractivity contribution in [2.45, 2.75) is 13.8 Å². The van der Waals surface area contributed by atoms with Crippen LogP contribution in [0.4, 0.5) is 5.82 Å². The van der Waals surface area contributed by atoms with Crippen LogP contribution >= 0.6 is 11.6 Å². The molecule has 0 fully saturated rings. The van der Waals surface area contributed by atoms with Gasteiger partial charge in [0.05, 0.1) is 5.39 Å². The van der Waals surface area contributed by atoms with Gasteiger partial charge in [-0.3, -0.25) is 9.89 Å². The highest BCUT2D eigenvalue weighted by molar-refractivity contribution is 6.30. The summed E-state index contributed by atoms with van der Waals surface area (Å²) in [5.74, 6) is 0.730. The van der Waals surface area contributed by atoms with Crippen molar-refractivity contribution >= 4 is 34.4 Å². The van der Waals surface area contributed by atoms with E-state index in [1.807, 2.05) is 19.9 Å². The lowest BCUT2D eigenvalue weighted by Gasteiger charge is -2.07. The molecule has 0 aliphatic heterocycles. The average molecular weight is 331 g/mol. The third-order valence-electron chi connectivity index (χ3n) is 3.30. The van der Waals surface area contributed by atoms with Crippen molar-refractivity contribution in [1.82, 2.24) is 15.2 Å². The molecule has 1 amide bonds. The highest BCUT2D eigenvalue weighted by Crippen LogP contribution is 2.23. The molecule has 3 aromatic rings. The van der Waals surface area contributed by atoms with Crippen LogP contribution in [0.3, 0.4) is 0 Å². The lowest BCUT2D eigenvalue weighted by Crippen LogP contribution is -2.20. The van der Waals surface area contributed by atoms with Crippen molar-refractivity contribution in [3.05, 3.63) is 46.6 Å². The summed E-state index contributed by atoms with van der Waals surface area (Å²) < 4.78 is 5.41. The first kappa shape index (κ1) is 15.3. The van der Waals surface area contributed by atoms with Crippen LogP contribution in [0.25, 0.3) is 11.0 Å². The fourth-order valence-electron chi connectivity index (χ4n) is 2.32. The Morgan fingerprint density at radius 1 is 1.30 bits per heavy atom. The molecule has 0 bridgehead atoms. The SMILES string of the molecule is Cc1cc(C)c2c(NC(=O)COc3ccc(Cl)cc3)n[nH]c2n1. The van der Waals surface area contributed by atoms with Gasteiger partial charge in [-0.15, -0.1) is 0 Å². The van der Waals surface area contributed by atoms with Crippen molar-refractivity contribution in [2.24, 2.45) is 0 Å². The molecule has 7 heteroatoms. The molecule has 3 rings (SSSR count). The number of carbonyl (C=O) groups is 1. The Morgan fingerprint density at radius 3 is 2.78 bits per heavy atom. The van der Waals surface area contributed by atoms with Crippen molar-refractivity contribution in [1.29, 1.82) is 0 Å². The van der Waals surface area contributed by atoms with Gasteiger partial charge in [-0.25, -0.2) is 4.98 Å². The summed E-state index contributed by atoms with van der Waals surface area (Å²) in [4.78, 5) is 16.4. The van der Waals surface area contributed by atoms with E-state index in [0.29, 0.717) is 22.2 Å². The number of hydrogen-bond donors (Lipinski definition) is 2. The minimum atomic E-state index is -0.298. The Balaban J connectivity index is 1.69. The number of rotatable bonds is 4. The first-order valence-corrected chi connectivity index (χ1v) is 7.41. The molecule has 0 radical (unpaired) electrons. The summed E-state index contributed by atoms with van der Waals surface area (Å²) in [5.41, 5.74) is 2.54. The van der Waals surface area contributed by atoms with Crippen molar-refractivity contribution in [2.75, 3.05) is 11.9 Å². The molecule has 0 unspecified atom stereocenters. The van der Waals surface area contributed by atoms with Gasteiger partial charge in [0.15, 0.2) is 18.1 Å². The van der Waals surface area contributed by atoms with Crippen molar-refractivity contribution < 1.29 is 9.53 Å². The molecule has 23 heavy (non-hydrogen) atoms. The number of fused-ring (bicyclic) bond motifs is 1. The Hall–Kier alpha value is -2.60. The van der Waals surface area contributed by atoms with Crippen LogP contribution < -0.4 is 10.1 Å². The molecule has 118 valence electrons. The molecule has 0 saturated carbocycles. The van der Waals surface area contributed by atoms with Gasteiger partial charge in [0, 0.05) is 10.7 Å². The zero-order valence-electron chi connectivity index (χ0n) is 12.7. The molecular weight excluding hydrogens is 316 g/mol. The molecule has 2 heterocycles. The van der Waals surface area contributed by atoms with E-state index in [1.165, 1.54) is 0 Å². The predicted octanol–water partition coefficient (Wildman–Crippen LogP) is 3.25. The molecule has 0 spiro atoms. The fourth-order valence-corrected chi connectivity index (χ4v) is 2.45. The average Bonchev–Trinajstić information content (AvgIpc) is 2.89. The Bertz CT molecular complexity index is 858. The number of benzene rings is 1. The molecule has 2 N–H and O–H groups in total. The normalized spacial score (nSPS) is 10.7. The van der Waals surface area contributed by atoms with E-state index in [1.54, 1.807) is 24.3 Å². The van der Waals surface area contributed by atoms with Gasteiger partial charge in [-0.05, 0) is 49.7 Å². The third kappa shape index (κ3) is 3.43. The quantitative estimate of drug-likeness (QED) is 0.769. The molecule has 2 aromatic heterocycles. The molecule has 1 aromatic carbocycles. The van der Waals surface area contributed by atoms with Gasteiger partial charge < -0.3 is 10.1 Å². The van der Waals surface area contributed by atoms with E-state index in [9.17, 15) is 4.79 Å². The number of ether oxygens (including phenoxy) is 1. The number of aryl methyl sites for hydroxylation is 2. The minimum Gasteiger partial charge on any atom is -0.484 e. The van der Waals surface area contributed by atoms with E-state index >= 15 is 0 Å². The molecule has 0 saturated heterocycles. The summed E-state index contributed by atoms with van der Waals surface area (Å²) in [6.45, 7) is 3.74. The third-order valence-corrected chi connectivity index (χ3v) is 3.55. The zero-order valence-corrected chi connectivity index (χ0v) is 13.4. The van der Waals surface area contributed by atoms with Crippen LogP contribution in [0.5, 0.6) is 5.75 Å². The fraction of sp³-hybridized carbons (Fsp3) is 0.188. The number of pyridine rings is 1. The molecule has 0 aliphatic rings. The highest BCUT2D eigenvalue weighted by Gasteiger charge is 2.13. The highest BCUT2D eigenvalue weighted by atomic mass is 35.5. The van der Waals surface area contributed by atoms with E-state index in [2.05, 4.69) is 20.5 Å². The van der Waals surface area contributed by atoms with Gasteiger partial charge in [-0.2, -0.15) is 5.10 Å². The van der Waals surface area contributed by atoms with E-state index in [-0.39, 0.29) is 12.5 Å². The molecule has 0 atom stereocenters. The zero-order chi connectivity index (χ0) is 16.4. The first-order valence-electron chi connectivity index (χ1n) is 7.03. The Kier molecular flexibility index (Phi) is 4.16. The van der Waals surface area contributed by atoms with Gasteiger partial charge in [0.1, 0.15) is 5.75 Å². The largest absolute Gasteiger partial charge is 0.484 e. The smallest absolute Gasteiger partial charge is 0.263 e. The topological polar surface area (TPSA) is 79.9 Å². The van der Waals surface area contributed by atoms with Gasteiger partial charge >= 0.3 is 0 Å². The summed E-state index contributed by atoms with van der Waals surface area (Å²) >= 11 is 5.80. The molecular formula is C16H15ClN4O2. The van der Waals surface area contributed by atoms with Crippen molar-refractivity contribution in [3.8, 4) is 5.75 Å². The number of nitrogens with zero attached hydrogens (tertiary/aromatic N) is 2. The number of amides is 1. The number of hydrogen-bond acceptors (Lipinski definition) is 4. The number of carbonyl (C=O) groups excluding carboxylic acids is 1. The summed E-state index contributed by atoms with van der Waals surface area (Å²) in [6.07, 6.45) is 0. The van der Waals surface area contributed by atoms with Crippen LogP contribution in [-0.2, 0) is 4.79 Å². The maximum absolute atomic E-state index is 12.0. The number of nitrogens with one attached hydrogen (secondary N) is 2. The predicted molar refractivity (Wildman–Crippen MR) is 88.9 cm³/mol. The standard InChI is InChI=1S/C16H15ClN4O2/c1-9-7-10(2)18-15-14(9)16(21-20-15)19-13(22)8-23-12-5-3-11(17)4-6-12/h3-7H,8H2,1-2H3,(H2,18,19,20,21,22).